The Morgan fingerprint density at radius 1 is 1.00 bits per heavy atom. The third-order valence-electron chi connectivity index (χ3n) is 3.52. The number of anilines is 2. The van der Waals surface area contributed by atoms with Crippen molar-refractivity contribution in [1.82, 2.24) is 0 Å². The van der Waals surface area contributed by atoms with E-state index >= 15 is 0 Å². The first-order valence-electron chi connectivity index (χ1n) is 6.97. The van der Waals surface area contributed by atoms with Gasteiger partial charge in [0.2, 0.25) is 0 Å². The fraction of sp³-hybridized carbons (Fsp3) is 0.294. The number of aliphatic hydroxyl groups is 1. The van der Waals surface area contributed by atoms with E-state index in [9.17, 15) is 5.11 Å². The summed E-state index contributed by atoms with van der Waals surface area (Å²) in [6, 6.07) is 11.8. The summed E-state index contributed by atoms with van der Waals surface area (Å²) < 4.78 is 0. The maximum Gasteiger partial charge on any atom is 0.0702 e. The normalized spacial score (nSPS) is 10.6. The lowest BCUT2D eigenvalue weighted by atomic mass is 10.0. The molecule has 106 valence electrons. The molecule has 2 N–H and O–H groups in total. The Hall–Kier alpha value is -1.51. The Balaban J connectivity index is 2.49. The van der Waals surface area contributed by atoms with Crippen molar-refractivity contribution in [3.8, 4) is 0 Å². The van der Waals surface area contributed by atoms with Gasteiger partial charge in [-0.05, 0) is 36.1 Å². The molecular weight excluding hydrogens is 270 g/mol. The van der Waals surface area contributed by atoms with Crippen molar-refractivity contribution in [2.75, 3.05) is 5.32 Å². The van der Waals surface area contributed by atoms with Crippen LogP contribution < -0.4 is 5.32 Å². The summed E-state index contributed by atoms with van der Waals surface area (Å²) in [4.78, 5) is 0. The van der Waals surface area contributed by atoms with Crippen LogP contribution in [-0.2, 0) is 19.4 Å². The Kier molecular flexibility index (Phi) is 5.05. The van der Waals surface area contributed by atoms with Gasteiger partial charge in [-0.1, -0.05) is 49.7 Å². The number of benzene rings is 2. The van der Waals surface area contributed by atoms with Gasteiger partial charge in [0.15, 0.2) is 0 Å². The van der Waals surface area contributed by atoms with Gasteiger partial charge in [-0.25, -0.2) is 0 Å². The minimum atomic E-state index is 0.0205. The average molecular weight is 290 g/mol. The fourth-order valence-electron chi connectivity index (χ4n) is 2.38. The van der Waals surface area contributed by atoms with Crippen LogP contribution in [0.3, 0.4) is 0 Å². The second-order valence-electron chi connectivity index (χ2n) is 4.71. The number of rotatable bonds is 5. The highest BCUT2D eigenvalue weighted by Gasteiger charge is 2.11. The Labute approximate surface area is 125 Å². The van der Waals surface area contributed by atoms with Gasteiger partial charge in [0, 0.05) is 22.0 Å². The Morgan fingerprint density at radius 2 is 1.75 bits per heavy atom. The summed E-state index contributed by atoms with van der Waals surface area (Å²) >= 11 is 6.31. The van der Waals surface area contributed by atoms with E-state index in [0.29, 0.717) is 0 Å². The zero-order valence-electron chi connectivity index (χ0n) is 11.9. The molecule has 0 aliphatic rings. The van der Waals surface area contributed by atoms with Crippen molar-refractivity contribution >= 4 is 23.0 Å². The maximum absolute atomic E-state index is 9.44. The molecule has 0 unspecified atom stereocenters. The van der Waals surface area contributed by atoms with Crippen LogP contribution >= 0.6 is 11.6 Å². The van der Waals surface area contributed by atoms with Crippen LogP contribution in [0.25, 0.3) is 0 Å². The average Bonchev–Trinajstić information content (AvgIpc) is 2.48. The van der Waals surface area contributed by atoms with Crippen molar-refractivity contribution in [1.29, 1.82) is 0 Å². The number of hydrogen-bond acceptors (Lipinski definition) is 2. The van der Waals surface area contributed by atoms with E-state index < -0.39 is 0 Å². The molecule has 0 aromatic heterocycles. The lowest BCUT2D eigenvalue weighted by Gasteiger charge is -2.18. The number of para-hydroxylation sites is 1. The van der Waals surface area contributed by atoms with Crippen LogP contribution in [0.5, 0.6) is 0 Å². The smallest absolute Gasteiger partial charge is 0.0702 e. The van der Waals surface area contributed by atoms with E-state index in [-0.39, 0.29) is 6.61 Å². The number of aryl methyl sites for hydroxylation is 1. The Morgan fingerprint density at radius 3 is 2.40 bits per heavy atom. The van der Waals surface area contributed by atoms with Crippen molar-refractivity contribution in [3.63, 3.8) is 0 Å². The second-order valence-corrected chi connectivity index (χ2v) is 5.11. The first-order valence-corrected chi connectivity index (χ1v) is 7.35. The van der Waals surface area contributed by atoms with Gasteiger partial charge in [-0.2, -0.15) is 0 Å². The standard InChI is InChI=1S/C17H20ClNO/c1-3-12-9-10-15(18)14(4-2)17(12)19-16-8-6-5-7-13(16)11-20/h5-10,19-20H,3-4,11H2,1-2H3. The summed E-state index contributed by atoms with van der Waals surface area (Å²) in [5, 5.41) is 13.7. The molecule has 3 heteroatoms. The molecule has 2 aromatic rings. The highest BCUT2D eigenvalue weighted by atomic mass is 35.5. The predicted octanol–water partition coefficient (Wildman–Crippen LogP) is 4.70. The molecule has 0 atom stereocenters. The number of halogens is 1. The minimum Gasteiger partial charge on any atom is -0.392 e. The quantitative estimate of drug-likeness (QED) is 0.836. The molecule has 0 fully saturated rings. The van der Waals surface area contributed by atoms with Gasteiger partial charge < -0.3 is 10.4 Å². The van der Waals surface area contributed by atoms with Crippen LogP contribution in [-0.4, -0.2) is 5.11 Å². The van der Waals surface area contributed by atoms with E-state index in [4.69, 9.17) is 11.6 Å². The number of aliphatic hydroxyl groups excluding tert-OH is 1. The monoisotopic (exact) mass is 289 g/mol. The Bertz CT molecular complexity index is 596. The highest BCUT2D eigenvalue weighted by Crippen LogP contribution is 2.32. The number of hydrogen-bond donors (Lipinski definition) is 2. The van der Waals surface area contributed by atoms with Crippen molar-refractivity contribution < 1.29 is 5.11 Å². The zero-order valence-corrected chi connectivity index (χ0v) is 12.7. The van der Waals surface area contributed by atoms with E-state index in [1.54, 1.807) is 0 Å². The van der Waals surface area contributed by atoms with Crippen molar-refractivity contribution in [2.24, 2.45) is 0 Å². The van der Waals surface area contributed by atoms with E-state index in [1.807, 2.05) is 30.3 Å². The summed E-state index contributed by atoms with van der Waals surface area (Å²) in [6.07, 6.45) is 1.81. The van der Waals surface area contributed by atoms with Crippen LogP contribution in [0.1, 0.15) is 30.5 Å². The lowest BCUT2D eigenvalue weighted by molar-refractivity contribution is 0.282. The molecule has 0 radical (unpaired) electrons. The van der Waals surface area contributed by atoms with Crippen LogP contribution in [0.2, 0.25) is 5.02 Å². The molecule has 0 amide bonds. The van der Waals surface area contributed by atoms with Gasteiger partial charge >= 0.3 is 0 Å². The van der Waals surface area contributed by atoms with Crippen LogP contribution in [0.15, 0.2) is 36.4 Å². The molecule has 0 saturated heterocycles. The van der Waals surface area contributed by atoms with E-state index in [2.05, 4.69) is 25.2 Å². The first-order chi connectivity index (χ1) is 9.71. The molecular formula is C17H20ClNO. The first kappa shape index (κ1) is 14.9. The van der Waals surface area contributed by atoms with Gasteiger partial charge in [0.05, 0.1) is 6.61 Å². The summed E-state index contributed by atoms with van der Waals surface area (Å²) in [6.45, 7) is 4.25. The topological polar surface area (TPSA) is 32.3 Å². The van der Waals surface area contributed by atoms with Gasteiger partial charge in [0.25, 0.3) is 0 Å². The summed E-state index contributed by atoms with van der Waals surface area (Å²) in [5.41, 5.74) is 5.25. The third kappa shape index (κ3) is 2.97. The molecule has 0 spiro atoms. The van der Waals surface area contributed by atoms with Crippen molar-refractivity contribution in [3.05, 3.63) is 58.1 Å². The third-order valence-corrected chi connectivity index (χ3v) is 3.88. The maximum atomic E-state index is 9.44. The second kappa shape index (κ2) is 6.78. The number of nitrogens with one attached hydrogen (secondary N) is 1. The highest BCUT2D eigenvalue weighted by molar-refractivity contribution is 6.31. The fourth-order valence-corrected chi connectivity index (χ4v) is 2.67. The van der Waals surface area contributed by atoms with Gasteiger partial charge in [0.1, 0.15) is 0 Å². The SMILES string of the molecule is CCc1ccc(Cl)c(CC)c1Nc1ccccc1CO. The molecule has 0 aliphatic heterocycles. The van der Waals surface area contributed by atoms with Crippen LogP contribution in [0.4, 0.5) is 11.4 Å². The van der Waals surface area contributed by atoms with Gasteiger partial charge in [-0.3, -0.25) is 0 Å². The molecule has 20 heavy (non-hydrogen) atoms. The van der Waals surface area contributed by atoms with E-state index in [1.165, 1.54) is 5.56 Å². The van der Waals surface area contributed by atoms with E-state index in [0.717, 1.165) is 40.4 Å². The minimum absolute atomic E-state index is 0.0205. The lowest BCUT2D eigenvalue weighted by Crippen LogP contribution is -2.03. The molecule has 2 nitrogen and oxygen atoms in total. The predicted molar refractivity (Wildman–Crippen MR) is 85.9 cm³/mol. The van der Waals surface area contributed by atoms with Crippen LogP contribution in [0, 0.1) is 0 Å². The molecule has 2 rings (SSSR count). The molecule has 0 bridgehead atoms. The molecule has 2 aromatic carbocycles. The summed E-state index contributed by atoms with van der Waals surface area (Å²) in [5.74, 6) is 0. The molecule has 0 saturated carbocycles. The van der Waals surface area contributed by atoms with Gasteiger partial charge in [-0.15, -0.1) is 0 Å². The summed E-state index contributed by atoms with van der Waals surface area (Å²) in [7, 11) is 0. The largest absolute Gasteiger partial charge is 0.392 e. The molecule has 0 heterocycles. The van der Waals surface area contributed by atoms with Crippen molar-refractivity contribution in [2.45, 2.75) is 33.3 Å². The molecule has 0 aliphatic carbocycles. The zero-order chi connectivity index (χ0) is 14.5.